The number of fused-ring (bicyclic) bond motifs is 4. The Kier molecular flexibility index (Phi) is 9.77. The van der Waals surface area contributed by atoms with Gasteiger partial charge in [-0.15, -0.1) is 11.3 Å². The molecule has 2 atom stereocenters. The molecule has 2 unspecified atom stereocenters. The third-order valence-corrected chi connectivity index (χ3v) is 12.8. The predicted octanol–water partition coefficient (Wildman–Crippen LogP) is 8.22. The molecule has 5 heterocycles. The third kappa shape index (κ3) is 7.03. The molecule has 0 saturated carbocycles. The topological polar surface area (TPSA) is 112 Å². The second kappa shape index (κ2) is 14.6. The van der Waals surface area contributed by atoms with Crippen LogP contribution in [0.25, 0.3) is 10.4 Å². The Labute approximate surface area is 324 Å². The monoisotopic (exact) mass is 764 g/mol. The van der Waals surface area contributed by atoms with Crippen molar-refractivity contribution >= 4 is 45.9 Å². The fourth-order valence-corrected chi connectivity index (χ4v) is 9.75. The zero-order valence-corrected chi connectivity index (χ0v) is 32.1. The minimum Gasteiger partial charge on any atom is -0.402 e. The molecule has 4 aliphatic heterocycles. The van der Waals surface area contributed by atoms with Crippen molar-refractivity contribution in [2.75, 3.05) is 53.7 Å². The highest BCUT2D eigenvalue weighted by Crippen LogP contribution is 2.48. The van der Waals surface area contributed by atoms with Crippen molar-refractivity contribution in [3.05, 3.63) is 118 Å². The van der Waals surface area contributed by atoms with Gasteiger partial charge in [-0.05, 0) is 112 Å². The number of thiophene rings is 1. The van der Waals surface area contributed by atoms with Gasteiger partial charge in [0.2, 0.25) is 0 Å². The molecule has 5 N–H and O–H groups in total. The molecule has 1 aromatic heterocycles. The SMILES string of the molecule is CCC(/C(=C\C=C(\C)N)C(=O)Nc1ccc(C(=O)N2CCc3cc(C4(C)Nc5cccc(F)c5N4)sc3-c3ccc(F)cc32)cc1)N1CC2(CCOCC2)C1. The highest BCUT2D eigenvalue weighted by Gasteiger charge is 2.47. The second-order valence-electron chi connectivity index (χ2n) is 15.4. The molecule has 55 heavy (non-hydrogen) atoms. The molecule has 4 aromatic rings. The number of hydrogen-bond donors (Lipinski definition) is 4. The third-order valence-electron chi connectivity index (χ3n) is 11.4. The number of allylic oxidation sites excluding steroid dienone is 3. The number of ether oxygens (including phenoxy) is 1. The number of amides is 2. The Morgan fingerprint density at radius 2 is 1.80 bits per heavy atom. The molecule has 4 aliphatic rings. The van der Waals surface area contributed by atoms with Crippen LogP contribution in [0, 0.1) is 17.0 Å². The van der Waals surface area contributed by atoms with Gasteiger partial charge in [-0.1, -0.05) is 19.1 Å². The van der Waals surface area contributed by atoms with E-state index in [0.717, 1.165) is 66.4 Å². The molecule has 0 bridgehead atoms. The number of carbonyl (C=O) groups is 2. The molecule has 286 valence electrons. The number of rotatable bonds is 8. The Morgan fingerprint density at radius 3 is 2.51 bits per heavy atom. The average molecular weight is 765 g/mol. The van der Waals surface area contributed by atoms with Gasteiger partial charge in [-0.3, -0.25) is 14.5 Å². The van der Waals surface area contributed by atoms with Crippen LogP contribution in [0.4, 0.5) is 31.5 Å². The summed E-state index contributed by atoms with van der Waals surface area (Å²) in [5, 5.41) is 9.80. The van der Waals surface area contributed by atoms with Crippen LogP contribution >= 0.6 is 11.3 Å². The molecule has 0 aliphatic carbocycles. The fourth-order valence-electron chi connectivity index (χ4n) is 8.45. The van der Waals surface area contributed by atoms with E-state index < -0.39 is 11.5 Å². The number of likely N-dealkylation sites (tertiary alicyclic amines) is 1. The largest absolute Gasteiger partial charge is 0.402 e. The van der Waals surface area contributed by atoms with E-state index in [9.17, 15) is 18.4 Å². The molecule has 2 fully saturated rings. The van der Waals surface area contributed by atoms with Crippen LogP contribution in [0.1, 0.15) is 60.8 Å². The first kappa shape index (κ1) is 36.9. The number of halogens is 2. The summed E-state index contributed by atoms with van der Waals surface area (Å²) >= 11 is 1.54. The molecule has 1 spiro atoms. The molecule has 0 radical (unpaired) electrons. The summed E-state index contributed by atoms with van der Waals surface area (Å²) < 4.78 is 35.1. The first-order chi connectivity index (χ1) is 26.5. The zero-order valence-electron chi connectivity index (χ0n) is 31.3. The van der Waals surface area contributed by atoms with Gasteiger partial charge in [0.25, 0.3) is 11.8 Å². The van der Waals surface area contributed by atoms with Crippen molar-refractivity contribution in [3.63, 3.8) is 0 Å². The molecule has 12 heteroatoms. The Bertz CT molecular complexity index is 2200. The smallest absolute Gasteiger partial charge is 0.258 e. The number of hydrogen-bond acceptors (Lipinski definition) is 8. The average Bonchev–Trinajstić information content (AvgIpc) is 3.72. The highest BCUT2D eigenvalue weighted by atomic mass is 32.1. The van der Waals surface area contributed by atoms with Crippen molar-refractivity contribution in [3.8, 4) is 10.4 Å². The molecule has 8 rings (SSSR count). The molecular weight excluding hydrogens is 719 g/mol. The maximum atomic E-state index is 14.9. The maximum Gasteiger partial charge on any atom is 0.258 e. The lowest BCUT2D eigenvalue weighted by Gasteiger charge is -2.55. The van der Waals surface area contributed by atoms with E-state index in [1.165, 1.54) is 29.5 Å². The van der Waals surface area contributed by atoms with Gasteiger partial charge in [-0.2, -0.15) is 0 Å². The van der Waals surface area contributed by atoms with Crippen LogP contribution in [0.15, 0.2) is 90.2 Å². The standard InChI is InChI=1S/C43H46F2N6O3S/c1-4-35(50-24-43(25-50)17-20-54-21-18-43)32(14-8-26(2)46)40(52)47-30-12-9-27(10-13-30)41(53)51-19-16-28-22-37(55-39(28)31-15-11-29(44)23-36(31)51)42(3)48-34-7-5-6-33(45)38(34)49-42/h5-15,22-23,35,48-49H,4,16-21,24-25,46H2,1-3H3,(H,47,52)/b26-8-,32-14+. The van der Waals surface area contributed by atoms with Gasteiger partial charge in [0.1, 0.15) is 17.3 Å². The summed E-state index contributed by atoms with van der Waals surface area (Å²) in [5.74, 6) is -1.26. The van der Waals surface area contributed by atoms with E-state index in [0.29, 0.717) is 52.5 Å². The Morgan fingerprint density at radius 1 is 1.04 bits per heavy atom. The summed E-state index contributed by atoms with van der Waals surface area (Å²) in [6.45, 7) is 9.63. The lowest BCUT2D eigenvalue weighted by Crippen LogP contribution is -2.62. The van der Waals surface area contributed by atoms with Crippen molar-refractivity contribution in [2.45, 2.75) is 58.2 Å². The molecule has 2 saturated heterocycles. The minimum atomic E-state index is -0.745. The lowest BCUT2D eigenvalue weighted by molar-refractivity contribution is -0.116. The van der Waals surface area contributed by atoms with Crippen molar-refractivity contribution in [1.82, 2.24) is 4.90 Å². The van der Waals surface area contributed by atoms with Crippen LogP contribution in [-0.2, 0) is 21.6 Å². The van der Waals surface area contributed by atoms with Crippen molar-refractivity contribution in [1.29, 1.82) is 0 Å². The summed E-state index contributed by atoms with van der Waals surface area (Å²) in [6, 6.07) is 18.3. The van der Waals surface area contributed by atoms with Crippen LogP contribution in [-0.4, -0.2) is 55.6 Å². The van der Waals surface area contributed by atoms with E-state index in [-0.39, 0.29) is 29.1 Å². The second-order valence-corrected chi connectivity index (χ2v) is 16.4. The summed E-state index contributed by atoms with van der Waals surface area (Å²) in [5.41, 5.74) is 11.1. The van der Waals surface area contributed by atoms with Gasteiger partial charge in [0, 0.05) is 77.3 Å². The molecule has 2 amide bonds. The fraction of sp³-hybridized carbons (Fsp3) is 0.349. The molecule has 9 nitrogen and oxygen atoms in total. The zero-order chi connectivity index (χ0) is 38.5. The van der Waals surface area contributed by atoms with E-state index in [1.807, 2.05) is 19.1 Å². The Hall–Kier alpha value is -5.04. The number of nitrogens with one attached hydrogen (secondary N) is 3. The number of para-hydroxylation sites is 1. The minimum absolute atomic E-state index is 0.0689. The Balaban J connectivity index is 0.999. The van der Waals surface area contributed by atoms with E-state index >= 15 is 0 Å². The van der Waals surface area contributed by atoms with Crippen molar-refractivity contribution in [2.24, 2.45) is 11.1 Å². The number of anilines is 4. The van der Waals surface area contributed by atoms with Crippen LogP contribution in [0.2, 0.25) is 0 Å². The number of benzene rings is 3. The first-order valence-corrected chi connectivity index (χ1v) is 19.7. The van der Waals surface area contributed by atoms with Crippen LogP contribution < -0.4 is 26.6 Å². The van der Waals surface area contributed by atoms with Crippen LogP contribution in [0.5, 0.6) is 0 Å². The van der Waals surface area contributed by atoms with E-state index in [4.69, 9.17) is 10.5 Å². The van der Waals surface area contributed by atoms with Gasteiger partial charge in [0.05, 0.1) is 21.9 Å². The lowest BCUT2D eigenvalue weighted by atomic mass is 9.72. The van der Waals surface area contributed by atoms with Gasteiger partial charge in [0.15, 0.2) is 0 Å². The number of carbonyl (C=O) groups excluding carboxylic acids is 2. The highest BCUT2D eigenvalue weighted by molar-refractivity contribution is 7.16. The normalized spacial score (nSPS) is 21.0. The van der Waals surface area contributed by atoms with Gasteiger partial charge in [-0.25, -0.2) is 8.78 Å². The molecular formula is C43H46F2N6O3S. The first-order valence-electron chi connectivity index (χ1n) is 18.9. The van der Waals surface area contributed by atoms with Gasteiger partial charge < -0.3 is 31.3 Å². The molecule has 3 aromatic carbocycles. The quantitative estimate of drug-likeness (QED) is 0.106. The van der Waals surface area contributed by atoms with Crippen molar-refractivity contribution < 1.29 is 23.1 Å². The number of nitrogens with two attached hydrogens (primary N) is 1. The maximum absolute atomic E-state index is 14.9. The number of nitrogens with zero attached hydrogens (tertiary/aromatic N) is 2. The van der Waals surface area contributed by atoms with E-state index in [1.54, 1.807) is 54.3 Å². The summed E-state index contributed by atoms with van der Waals surface area (Å²) in [4.78, 5) is 33.9. The summed E-state index contributed by atoms with van der Waals surface area (Å²) in [7, 11) is 0. The summed E-state index contributed by atoms with van der Waals surface area (Å²) in [6.07, 6.45) is 6.98. The van der Waals surface area contributed by atoms with Crippen LogP contribution in [0.3, 0.4) is 0 Å². The van der Waals surface area contributed by atoms with E-state index in [2.05, 4.69) is 33.8 Å². The van der Waals surface area contributed by atoms with Gasteiger partial charge >= 0.3 is 0 Å². The predicted molar refractivity (Wildman–Crippen MR) is 215 cm³/mol.